The lowest BCUT2D eigenvalue weighted by atomic mass is 10.1. The van der Waals surface area contributed by atoms with Gasteiger partial charge in [-0.05, 0) is 13.3 Å². The van der Waals surface area contributed by atoms with Gasteiger partial charge >= 0.3 is 5.97 Å². The third-order valence-electron chi connectivity index (χ3n) is 2.05. The van der Waals surface area contributed by atoms with Gasteiger partial charge in [-0.15, -0.1) is 0 Å². The highest BCUT2D eigenvalue weighted by molar-refractivity contribution is 6.36. The number of aliphatic carboxylic acids is 1. The van der Waals surface area contributed by atoms with Gasteiger partial charge in [0.1, 0.15) is 0 Å². The van der Waals surface area contributed by atoms with Crippen molar-refractivity contribution in [2.24, 2.45) is 5.16 Å². The van der Waals surface area contributed by atoms with Crippen LogP contribution in [0.15, 0.2) is 17.3 Å². The topological polar surface area (TPSA) is 88.0 Å². The summed E-state index contributed by atoms with van der Waals surface area (Å²) in [5, 5.41) is 14.6. The Balaban J connectivity index is 2.28. The van der Waals surface area contributed by atoms with Crippen molar-refractivity contribution in [3.8, 4) is 0 Å². The minimum atomic E-state index is -1.15. The molecule has 16 heavy (non-hydrogen) atoms. The molecule has 1 rings (SSSR count). The van der Waals surface area contributed by atoms with Gasteiger partial charge in [0.2, 0.25) is 6.10 Å². The molecule has 0 fully saturated rings. The minimum Gasteiger partial charge on any atom is -0.477 e. The quantitative estimate of drug-likeness (QED) is 0.521. The number of rotatable bonds is 5. The maximum Gasteiger partial charge on any atom is 0.353 e. The fourth-order valence-corrected chi connectivity index (χ4v) is 1.20. The molecule has 0 bridgehead atoms. The summed E-state index contributed by atoms with van der Waals surface area (Å²) in [5.74, 6) is -1.48. The Morgan fingerprint density at radius 1 is 1.69 bits per heavy atom. The number of oxime groups is 1. The van der Waals surface area contributed by atoms with Gasteiger partial charge in [0.05, 0.1) is 0 Å². The second-order valence-electron chi connectivity index (χ2n) is 3.29. The van der Waals surface area contributed by atoms with Crippen LogP contribution in [-0.4, -0.2) is 35.3 Å². The molecular weight excluding hydrogens is 212 g/mol. The first-order chi connectivity index (χ1) is 7.65. The van der Waals surface area contributed by atoms with E-state index in [9.17, 15) is 9.59 Å². The molecule has 0 aliphatic carbocycles. The van der Waals surface area contributed by atoms with Gasteiger partial charge in [-0.25, -0.2) is 4.79 Å². The zero-order chi connectivity index (χ0) is 12.0. The number of hydrogen-bond donors (Lipinski definition) is 2. The average molecular weight is 226 g/mol. The van der Waals surface area contributed by atoms with E-state index in [2.05, 4.69) is 10.5 Å². The molecule has 1 amide bonds. The van der Waals surface area contributed by atoms with Gasteiger partial charge in [0.25, 0.3) is 5.91 Å². The van der Waals surface area contributed by atoms with Crippen LogP contribution in [0.4, 0.5) is 0 Å². The second-order valence-corrected chi connectivity index (χ2v) is 3.29. The van der Waals surface area contributed by atoms with Crippen molar-refractivity contribution in [1.29, 1.82) is 0 Å². The highest BCUT2D eigenvalue weighted by Gasteiger charge is 2.30. The van der Waals surface area contributed by atoms with Crippen LogP contribution in [0.25, 0.3) is 0 Å². The van der Waals surface area contributed by atoms with Gasteiger partial charge in [0, 0.05) is 13.0 Å². The van der Waals surface area contributed by atoms with Crippen LogP contribution in [0.3, 0.4) is 0 Å². The second kappa shape index (κ2) is 5.89. The summed E-state index contributed by atoms with van der Waals surface area (Å²) in [6.07, 6.45) is 3.77. The van der Waals surface area contributed by atoms with E-state index >= 15 is 0 Å². The van der Waals surface area contributed by atoms with Crippen LogP contribution in [0, 0.1) is 0 Å². The fraction of sp³-hybridized carbons (Fsp3) is 0.500. The molecule has 0 aromatic rings. The van der Waals surface area contributed by atoms with Crippen molar-refractivity contribution in [2.75, 3.05) is 6.54 Å². The summed E-state index contributed by atoms with van der Waals surface area (Å²) in [6, 6.07) is 0. The number of nitrogens with one attached hydrogen (secondary N) is 1. The number of hydrogen-bond acceptors (Lipinski definition) is 4. The predicted octanol–water partition coefficient (Wildman–Crippen LogP) is 0.298. The van der Waals surface area contributed by atoms with Gasteiger partial charge in [-0.2, -0.15) is 0 Å². The number of allylic oxidation sites excluding steroid dienone is 1. The zero-order valence-electron chi connectivity index (χ0n) is 8.97. The van der Waals surface area contributed by atoms with Crippen molar-refractivity contribution in [3.63, 3.8) is 0 Å². The fourth-order valence-electron chi connectivity index (χ4n) is 1.20. The van der Waals surface area contributed by atoms with E-state index in [1.807, 2.05) is 19.1 Å². The summed E-state index contributed by atoms with van der Waals surface area (Å²) in [7, 11) is 0. The summed E-state index contributed by atoms with van der Waals surface area (Å²) in [5.41, 5.74) is -0.117. The Hall–Kier alpha value is -1.85. The predicted molar refractivity (Wildman–Crippen MR) is 57.0 cm³/mol. The first-order valence-corrected chi connectivity index (χ1v) is 5.00. The number of nitrogens with zero attached hydrogens (tertiary/aromatic N) is 1. The number of amides is 1. The highest BCUT2D eigenvalue weighted by atomic mass is 16.6. The Morgan fingerprint density at radius 2 is 2.44 bits per heavy atom. The lowest BCUT2D eigenvalue weighted by Gasteiger charge is -2.07. The number of carboxylic acid groups (broad SMARTS) is 1. The molecule has 1 heterocycles. The third-order valence-corrected chi connectivity index (χ3v) is 2.05. The van der Waals surface area contributed by atoms with Crippen molar-refractivity contribution >= 4 is 17.6 Å². The molecule has 2 N–H and O–H groups in total. The molecule has 1 aliphatic heterocycles. The van der Waals surface area contributed by atoms with E-state index in [1.165, 1.54) is 0 Å². The van der Waals surface area contributed by atoms with Gasteiger partial charge in [-0.3, -0.25) is 4.79 Å². The molecule has 0 saturated carbocycles. The summed E-state index contributed by atoms with van der Waals surface area (Å²) in [4.78, 5) is 26.7. The lowest BCUT2D eigenvalue weighted by molar-refractivity contribution is -0.131. The zero-order valence-corrected chi connectivity index (χ0v) is 8.97. The van der Waals surface area contributed by atoms with Crippen LogP contribution in [-0.2, 0) is 14.4 Å². The summed E-state index contributed by atoms with van der Waals surface area (Å²) in [6.45, 7) is 2.40. The summed E-state index contributed by atoms with van der Waals surface area (Å²) < 4.78 is 0. The average Bonchev–Trinajstić information content (AvgIpc) is 2.73. The number of carbonyl (C=O) groups excluding carboxylic acids is 1. The molecule has 0 aromatic carbocycles. The van der Waals surface area contributed by atoms with Gasteiger partial charge in [-0.1, -0.05) is 17.3 Å². The van der Waals surface area contributed by atoms with Crippen LogP contribution >= 0.6 is 0 Å². The highest BCUT2D eigenvalue weighted by Crippen LogP contribution is 2.10. The Kier molecular flexibility index (Phi) is 4.50. The first-order valence-electron chi connectivity index (χ1n) is 5.00. The monoisotopic (exact) mass is 226 g/mol. The SMILES string of the molecule is C/C=C/CCNC(=O)C1CC(C(=O)O)=NO1. The standard InChI is InChI=1S/C10H14N2O4/c1-2-3-4-5-11-9(13)8-6-7(10(14)15)12-16-8/h2-3,8H,4-6H2,1H3,(H,11,13)(H,14,15)/b3-2+. The van der Waals surface area contributed by atoms with E-state index in [1.54, 1.807) is 0 Å². The van der Waals surface area contributed by atoms with E-state index in [0.717, 1.165) is 6.42 Å². The molecular formula is C10H14N2O4. The Bertz CT molecular complexity index is 336. The van der Waals surface area contributed by atoms with E-state index < -0.39 is 12.1 Å². The molecule has 1 unspecified atom stereocenters. The van der Waals surface area contributed by atoms with Gasteiger partial charge in [0.15, 0.2) is 5.71 Å². The van der Waals surface area contributed by atoms with E-state index in [4.69, 9.17) is 9.94 Å². The number of carboxylic acids is 1. The Morgan fingerprint density at radius 3 is 3.00 bits per heavy atom. The lowest BCUT2D eigenvalue weighted by Crippen LogP contribution is -2.35. The minimum absolute atomic E-state index is 0.0186. The van der Waals surface area contributed by atoms with Crippen LogP contribution in [0.1, 0.15) is 19.8 Å². The molecule has 1 aliphatic rings. The van der Waals surface area contributed by atoms with Crippen LogP contribution in [0.5, 0.6) is 0 Å². The molecule has 6 nitrogen and oxygen atoms in total. The van der Waals surface area contributed by atoms with Crippen LogP contribution in [0.2, 0.25) is 0 Å². The molecule has 1 atom stereocenters. The molecule has 6 heteroatoms. The maximum atomic E-state index is 11.5. The first kappa shape index (κ1) is 12.2. The number of carbonyl (C=O) groups is 2. The van der Waals surface area contributed by atoms with E-state index in [0.29, 0.717) is 6.54 Å². The third kappa shape index (κ3) is 3.38. The molecule has 88 valence electrons. The van der Waals surface area contributed by atoms with E-state index in [-0.39, 0.29) is 18.0 Å². The Labute approximate surface area is 93.0 Å². The maximum absolute atomic E-state index is 11.5. The van der Waals surface area contributed by atoms with Crippen molar-refractivity contribution < 1.29 is 19.5 Å². The molecule has 0 aromatic heterocycles. The molecule has 0 saturated heterocycles. The van der Waals surface area contributed by atoms with Crippen molar-refractivity contribution in [2.45, 2.75) is 25.9 Å². The largest absolute Gasteiger partial charge is 0.477 e. The van der Waals surface area contributed by atoms with Crippen LogP contribution < -0.4 is 5.32 Å². The van der Waals surface area contributed by atoms with Gasteiger partial charge < -0.3 is 15.3 Å². The molecule has 0 radical (unpaired) electrons. The smallest absolute Gasteiger partial charge is 0.353 e. The van der Waals surface area contributed by atoms with Crippen molar-refractivity contribution in [1.82, 2.24) is 5.32 Å². The normalized spacial score (nSPS) is 19.3. The summed E-state index contributed by atoms with van der Waals surface area (Å²) >= 11 is 0. The molecule has 0 spiro atoms. The van der Waals surface area contributed by atoms with Crippen molar-refractivity contribution in [3.05, 3.63) is 12.2 Å².